The Labute approximate surface area is 86.0 Å². The summed E-state index contributed by atoms with van der Waals surface area (Å²) in [5.74, 6) is 0. The highest BCUT2D eigenvalue weighted by Crippen LogP contribution is 2.12. The molecule has 0 amide bonds. The van der Waals surface area contributed by atoms with Gasteiger partial charge in [-0.3, -0.25) is 0 Å². The Morgan fingerprint density at radius 1 is 1.43 bits per heavy atom. The minimum Gasteiger partial charge on any atom is -0.396 e. The Kier molecular flexibility index (Phi) is 4.47. The first-order chi connectivity index (χ1) is 6.72. The highest BCUT2D eigenvalue weighted by Gasteiger charge is 2.00. The molecule has 0 aliphatic rings. The molecular weight excluding hydrogens is 174 g/mol. The summed E-state index contributed by atoms with van der Waals surface area (Å²) < 4.78 is 0. The molecule has 0 heterocycles. The molecule has 2 nitrogen and oxygen atoms in total. The number of aryl methyl sites for hydroxylation is 1. The number of benzene rings is 1. The third kappa shape index (κ3) is 3.79. The first kappa shape index (κ1) is 11.1. The van der Waals surface area contributed by atoms with E-state index in [1.165, 1.54) is 5.56 Å². The van der Waals surface area contributed by atoms with Crippen LogP contribution in [0.2, 0.25) is 0 Å². The Balaban J connectivity index is 2.43. The molecule has 2 heteroatoms. The van der Waals surface area contributed by atoms with Gasteiger partial charge in [-0.2, -0.15) is 0 Å². The van der Waals surface area contributed by atoms with Gasteiger partial charge in [-0.25, -0.2) is 0 Å². The highest BCUT2D eigenvalue weighted by atomic mass is 16.2. The summed E-state index contributed by atoms with van der Waals surface area (Å²) >= 11 is 0. The molecule has 1 atom stereocenters. The maximum absolute atomic E-state index is 8.70. The molecule has 0 fully saturated rings. The molecule has 1 aromatic rings. The van der Waals surface area contributed by atoms with Gasteiger partial charge in [-0.1, -0.05) is 12.1 Å². The van der Waals surface area contributed by atoms with E-state index in [9.17, 15) is 0 Å². The molecule has 0 saturated heterocycles. The van der Waals surface area contributed by atoms with Gasteiger partial charge in [-0.05, 0) is 44.4 Å². The lowest BCUT2D eigenvalue weighted by Gasteiger charge is -2.14. The zero-order valence-corrected chi connectivity index (χ0v) is 8.96. The summed E-state index contributed by atoms with van der Waals surface area (Å²) in [7, 11) is 0. The highest BCUT2D eigenvalue weighted by molar-refractivity contribution is 5.45. The first-order valence-corrected chi connectivity index (χ1v) is 5.16. The number of aliphatic hydroxyl groups is 1. The number of hydrogen-bond donors (Lipinski definition) is 2. The van der Waals surface area contributed by atoms with Crippen LogP contribution in [0.3, 0.4) is 0 Å². The molecule has 0 aromatic heterocycles. The van der Waals surface area contributed by atoms with Crippen molar-refractivity contribution in [2.75, 3.05) is 11.9 Å². The van der Waals surface area contributed by atoms with E-state index in [1.54, 1.807) is 0 Å². The Hall–Kier alpha value is -1.02. The molecule has 2 N–H and O–H groups in total. The molecule has 0 spiro atoms. The quantitative estimate of drug-likeness (QED) is 0.753. The van der Waals surface area contributed by atoms with Crippen molar-refractivity contribution in [3.63, 3.8) is 0 Å². The van der Waals surface area contributed by atoms with E-state index in [2.05, 4.69) is 43.4 Å². The Morgan fingerprint density at radius 2 is 2.21 bits per heavy atom. The average Bonchev–Trinajstić information content (AvgIpc) is 2.15. The minimum atomic E-state index is 0.278. The van der Waals surface area contributed by atoms with E-state index < -0.39 is 0 Å². The number of nitrogens with one attached hydrogen (secondary N) is 1. The molecule has 0 unspecified atom stereocenters. The van der Waals surface area contributed by atoms with Gasteiger partial charge in [0, 0.05) is 18.3 Å². The van der Waals surface area contributed by atoms with Crippen LogP contribution in [0.4, 0.5) is 5.69 Å². The van der Waals surface area contributed by atoms with Gasteiger partial charge in [-0.15, -0.1) is 0 Å². The van der Waals surface area contributed by atoms with Crippen molar-refractivity contribution in [2.45, 2.75) is 32.7 Å². The van der Waals surface area contributed by atoms with Crippen molar-refractivity contribution in [3.05, 3.63) is 29.8 Å². The van der Waals surface area contributed by atoms with Gasteiger partial charge in [0.05, 0.1) is 0 Å². The molecule has 14 heavy (non-hydrogen) atoms. The van der Waals surface area contributed by atoms with Crippen LogP contribution in [-0.4, -0.2) is 17.8 Å². The van der Waals surface area contributed by atoms with E-state index in [-0.39, 0.29) is 6.61 Å². The number of anilines is 1. The zero-order chi connectivity index (χ0) is 10.4. The second-order valence-corrected chi connectivity index (χ2v) is 3.78. The van der Waals surface area contributed by atoms with Crippen LogP contribution in [-0.2, 0) is 0 Å². The van der Waals surface area contributed by atoms with Crippen LogP contribution >= 0.6 is 0 Å². The van der Waals surface area contributed by atoms with Gasteiger partial charge >= 0.3 is 0 Å². The second kappa shape index (κ2) is 5.66. The van der Waals surface area contributed by atoms with Crippen molar-refractivity contribution < 1.29 is 5.11 Å². The van der Waals surface area contributed by atoms with Gasteiger partial charge in [0.2, 0.25) is 0 Å². The lowest BCUT2D eigenvalue weighted by atomic mass is 10.1. The average molecular weight is 193 g/mol. The fourth-order valence-corrected chi connectivity index (χ4v) is 1.49. The summed E-state index contributed by atoms with van der Waals surface area (Å²) in [4.78, 5) is 0. The third-order valence-electron chi connectivity index (χ3n) is 2.23. The molecule has 0 radical (unpaired) electrons. The summed E-state index contributed by atoms with van der Waals surface area (Å²) in [5.41, 5.74) is 2.43. The SMILES string of the molecule is Cc1cccc(N[C@@H](C)CCCO)c1. The standard InChI is InChI=1S/C12H19NO/c1-10-5-3-7-12(9-10)13-11(2)6-4-8-14/h3,5,7,9,11,13-14H,4,6,8H2,1-2H3/t11-/m0/s1. The number of aliphatic hydroxyl groups excluding tert-OH is 1. The van der Waals surface area contributed by atoms with E-state index in [0.717, 1.165) is 18.5 Å². The minimum absolute atomic E-state index is 0.278. The molecular formula is C12H19NO. The summed E-state index contributed by atoms with van der Waals surface area (Å²) in [6, 6.07) is 8.77. The molecule has 0 aliphatic heterocycles. The largest absolute Gasteiger partial charge is 0.396 e. The van der Waals surface area contributed by atoms with Crippen molar-refractivity contribution in [2.24, 2.45) is 0 Å². The molecule has 1 aromatic carbocycles. The van der Waals surface area contributed by atoms with E-state index in [1.807, 2.05) is 0 Å². The molecule has 0 saturated carbocycles. The summed E-state index contributed by atoms with van der Waals surface area (Å²) in [6.45, 7) is 4.50. The smallest absolute Gasteiger partial charge is 0.0431 e. The van der Waals surface area contributed by atoms with Crippen molar-refractivity contribution in [1.29, 1.82) is 0 Å². The summed E-state index contributed by atoms with van der Waals surface area (Å²) in [5, 5.41) is 12.1. The summed E-state index contributed by atoms with van der Waals surface area (Å²) in [6.07, 6.45) is 1.87. The lowest BCUT2D eigenvalue weighted by molar-refractivity contribution is 0.282. The van der Waals surface area contributed by atoms with E-state index >= 15 is 0 Å². The lowest BCUT2D eigenvalue weighted by Crippen LogP contribution is -2.15. The Bertz CT molecular complexity index is 273. The predicted octanol–water partition coefficient (Wildman–Crippen LogP) is 2.57. The van der Waals surface area contributed by atoms with E-state index in [0.29, 0.717) is 6.04 Å². The second-order valence-electron chi connectivity index (χ2n) is 3.78. The van der Waals surface area contributed by atoms with Crippen LogP contribution in [0.5, 0.6) is 0 Å². The normalized spacial score (nSPS) is 12.5. The van der Waals surface area contributed by atoms with Gasteiger partial charge in [0.1, 0.15) is 0 Å². The topological polar surface area (TPSA) is 32.3 Å². The predicted molar refractivity (Wildman–Crippen MR) is 60.6 cm³/mol. The maximum atomic E-state index is 8.70. The van der Waals surface area contributed by atoms with Crippen LogP contribution in [0.1, 0.15) is 25.3 Å². The van der Waals surface area contributed by atoms with Gasteiger partial charge in [0.15, 0.2) is 0 Å². The third-order valence-corrected chi connectivity index (χ3v) is 2.23. The molecule has 0 aliphatic carbocycles. The van der Waals surface area contributed by atoms with Crippen LogP contribution in [0.15, 0.2) is 24.3 Å². The molecule has 1 rings (SSSR count). The van der Waals surface area contributed by atoms with Crippen molar-refractivity contribution in [3.8, 4) is 0 Å². The number of hydrogen-bond acceptors (Lipinski definition) is 2. The maximum Gasteiger partial charge on any atom is 0.0431 e. The fourth-order valence-electron chi connectivity index (χ4n) is 1.49. The van der Waals surface area contributed by atoms with Crippen LogP contribution in [0, 0.1) is 6.92 Å². The zero-order valence-electron chi connectivity index (χ0n) is 8.96. The molecule has 78 valence electrons. The van der Waals surface area contributed by atoms with Crippen LogP contribution < -0.4 is 5.32 Å². The van der Waals surface area contributed by atoms with Crippen LogP contribution in [0.25, 0.3) is 0 Å². The van der Waals surface area contributed by atoms with Gasteiger partial charge < -0.3 is 10.4 Å². The monoisotopic (exact) mass is 193 g/mol. The van der Waals surface area contributed by atoms with Crippen molar-refractivity contribution >= 4 is 5.69 Å². The first-order valence-electron chi connectivity index (χ1n) is 5.16. The van der Waals surface area contributed by atoms with Gasteiger partial charge in [0.25, 0.3) is 0 Å². The molecule has 0 bridgehead atoms. The number of rotatable bonds is 5. The fraction of sp³-hybridized carbons (Fsp3) is 0.500. The Morgan fingerprint density at radius 3 is 2.86 bits per heavy atom. The van der Waals surface area contributed by atoms with E-state index in [4.69, 9.17) is 5.11 Å². The van der Waals surface area contributed by atoms with Crippen molar-refractivity contribution in [1.82, 2.24) is 0 Å².